The van der Waals surface area contributed by atoms with Crippen LogP contribution in [0.4, 0.5) is 10.1 Å². The van der Waals surface area contributed by atoms with Gasteiger partial charge in [0.05, 0.1) is 12.2 Å². The van der Waals surface area contributed by atoms with E-state index in [1.54, 1.807) is 47.4 Å². The number of ketones is 1. The molecule has 1 aliphatic heterocycles. The maximum Gasteiger partial charge on any atom is 0.224 e. The summed E-state index contributed by atoms with van der Waals surface area (Å²) in [6.07, 6.45) is 3.66. The van der Waals surface area contributed by atoms with E-state index in [1.165, 1.54) is 19.9 Å². The van der Waals surface area contributed by atoms with Gasteiger partial charge in [-0.1, -0.05) is 48.0 Å². The molecule has 0 fully saturated rings. The van der Waals surface area contributed by atoms with Crippen LogP contribution in [0.3, 0.4) is 0 Å². The lowest BCUT2D eigenvalue weighted by atomic mass is 9.92. The van der Waals surface area contributed by atoms with Crippen molar-refractivity contribution >= 4 is 41.1 Å². The zero-order chi connectivity index (χ0) is 21.4. The molecule has 30 heavy (non-hydrogen) atoms. The number of nitrogens with zero attached hydrogens (tertiary/aromatic N) is 1. The molecule has 1 amide bonds. The van der Waals surface area contributed by atoms with E-state index in [1.807, 2.05) is 18.2 Å². The average molecular weight is 420 g/mol. The second-order valence-corrected chi connectivity index (χ2v) is 7.71. The van der Waals surface area contributed by atoms with Crippen molar-refractivity contribution in [1.82, 2.24) is 0 Å². The zero-order valence-corrected chi connectivity index (χ0v) is 17.3. The molecular weight excluding hydrogens is 401 g/mol. The molecule has 3 aromatic rings. The number of benzene rings is 3. The van der Waals surface area contributed by atoms with Gasteiger partial charge in [0.15, 0.2) is 5.78 Å². The van der Waals surface area contributed by atoms with E-state index in [4.69, 9.17) is 11.6 Å². The van der Waals surface area contributed by atoms with Crippen molar-refractivity contribution in [2.45, 2.75) is 20.4 Å². The molecule has 0 atom stereocenters. The highest BCUT2D eigenvalue weighted by Crippen LogP contribution is 2.35. The van der Waals surface area contributed by atoms with Gasteiger partial charge in [0.25, 0.3) is 0 Å². The average Bonchev–Trinajstić information content (AvgIpc) is 2.70. The standard InChI is InChI=1S/C25H19ClFNO2/c1-15(29)21-5-3-4-6-22(21)23-12-19-14-28(16(2)30)25-10-9-20(26)11-18(25)8-7-17(19)13-24(23)27/h3-13H,14H2,1-2H3. The van der Waals surface area contributed by atoms with Gasteiger partial charge in [0, 0.05) is 23.1 Å². The number of hydrogen-bond donors (Lipinski definition) is 0. The number of halogens is 2. The molecule has 3 nitrogen and oxygen atoms in total. The molecular formula is C25H19ClFNO2. The largest absolute Gasteiger partial charge is 0.308 e. The smallest absolute Gasteiger partial charge is 0.224 e. The quantitative estimate of drug-likeness (QED) is 0.451. The first-order valence-corrected chi connectivity index (χ1v) is 9.91. The molecule has 4 rings (SSSR count). The topological polar surface area (TPSA) is 37.4 Å². The van der Waals surface area contributed by atoms with Crippen LogP contribution < -0.4 is 4.90 Å². The van der Waals surface area contributed by atoms with Gasteiger partial charge in [-0.3, -0.25) is 9.59 Å². The van der Waals surface area contributed by atoms with Crippen LogP contribution in [0.5, 0.6) is 0 Å². The maximum atomic E-state index is 15.1. The number of Topliss-reactive ketones (excluding diaryl/α,β-unsaturated/α-hetero) is 1. The zero-order valence-electron chi connectivity index (χ0n) is 16.6. The Morgan fingerprint density at radius 1 is 0.933 bits per heavy atom. The fourth-order valence-corrected chi connectivity index (χ4v) is 3.96. The Balaban J connectivity index is 1.91. The van der Waals surface area contributed by atoms with E-state index in [9.17, 15) is 9.59 Å². The first kappa shape index (κ1) is 20.0. The van der Waals surface area contributed by atoms with Gasteiger partial charge >= 0.3 is 0 Å². The summed E-state index contributed by atoms with van der Waals surface area (Å²) < 4.78 is 15.1. The number of fused-ring (bicyclic) bond motifs is 2. The number of anilines is 1. The summed E-state index contributed by atoms with van der Waals surface area (Å²) in [5.41, 5.74) is 4.33. The van der Waals surface area contributed by atoms with Crippen LogP contribution >= 0.6 is 11.6 Å². The Hall–Kier alpha value is -3.24. The van der Waals surface area contributed by atoms with Crippen molar-refractivity contribution < 1.29 is 14.0 Å². The van der Waals surface area contributed by atoms with E-state index in [-0.39, 0.29) is 18.2 Å². The third-order valence-corrected chi connectivity index (χ3v) is 5.49. The molecule has 0 aliphatic carbocycles. The molecule has 1 heterocycles. The Bertz CT molecular complexity index is 1220. The van der Waals surface area contributed by atoms with Crippen molar-refractivity contribution in [1.29, 1.82) is 0 Å². The highest BCUT2D eigenvalue weighted by molar-refractivity contribution is 6.30. The Labute approximate surface area is 179 Å². The van der Waals surface area contributed by atoms with Crippen molar-refractivity contribution in [3.8, 4) is 11.1 Å². The molecule has 0 spiro atoms. The first-order chi connectivity index (χ1) is 14.3. The third-order valence-electron chi connectivity index (χ3n) is 5.26. The summed E-state index contributed by atoms with van der Waals surface area (Å²) in [6, 6.07) is 15.5. The molecule has 0 unspecified atom stereocenters. The van der Waals surface area contributed by atoms with Gasteiger partial charge in [-0.15, -0.1) is 0 Å². The highest BCUT2D eigenvalue weighted by atomic mass is 35.5. The van der Waals surface area contributed by atoms with Crippen LogP contribution in [-0.4, -0.2) is 11.7 Å². The van der Waals surface area contributed by atoms with Crippen LogP contribution in [0, 0.1) is 5.82 Å². The van der Waals surface area contributed by atoms with Crippen LogP contribution in [-0.2, 0) is 11.3 Å². The first-order valence-electron chi connectivity index (χ1n) is 9.53. The molecule has 1 aliphatic rings. The van der Waals surface area contributed by atoms with Crippen molar-refractivity contribution in [2.24, 2.45) is 0 Å². The van der Waals surface area contributed by atoms with Gasteiger partial charge in [0.1, 0.15) is 5.82 Å². The molecule has 0 radical (unpaired) electrons. The van der Waals surface area contributed by atoms with Crippen molar-refractivity contribution in [3.05, 3.63) is 87.7 Å². The SMILES string of the molecule is CC(=O)c1ccccc1-c1cc2c(cc1F)C=Cc1cc(Cl)ccc1N(C(C)=O)C2. The summed E-state index contributed by atoms with van der Waals surface area (Å²) >= 11 is 6.13. The van der Waals surface area contributed by atoms with Gasteiger partial charge in [-0.25, -0.2) is 4.39 Å². The normalized spacial score (nSPS) is 12.6. The fraction of sp³-hybridized carbons (Fsp3) is 0.120. The van der Waals surface area contributed by atoms with Crippen LogP contribution in [0.25, 0.3) is 23.3 Å². The van der Waals surface area contributed by atoms with Gasteiger partial charge < -0.3 is 4.90 Å². The van der Waals surface area contributed by atoms with Gasteiger partial charge in [0.2, 0.25) is 5.91 Å². The van der Waals surface area contributed by atoms with Crippen LogP contribution in [0.2, 0.25) is 5.02 Å². The summed E-state index contributed by atoms with van der Waals surface area (Å²) in [6.45, 7) is 3.24. The summed E-state index contributed by atoms with van der Waals surface area (Å²) in [5, 5.41) is 0.560. The highest BCUT2D eigenvalue weighted by Gasteiger charge is 2.21. The Kier molecular flexibility index (Phi) is 5.27. The molecule has 0 aromatic heterocycles. The van der Waals surface area contributed by atoms with Gasteiger partial charge in [-0.2, -0.15) is 0 Å². The number of hydrogen-bond acceptors (Lipinski definition) is 2. The molecule has 150 valence electrons. The molecule has 0 saturated heterocycles. The number of rotatable bonds is 2. The van der Waals surface area contributed by atoms with E-state index in [0.717, 1.165) is 16.8 Å². The molecule has 3 aromatic carbocycles. The van der Waals surface area contributed by atoms with Crippen molar-refractivity contribution in [2.75, 3.05) is 4.90 Å². The van der Waals surface area contributed by atoms with E-state index < -0.39 is 5.82 Å². The minimum atomic E-state index is -0.423. The maximum absolute atomic E-state index is 15.1. The number of carbonyl (C=O) groups excluding carboxylic acids is 2. The predicted octanol–water partition coefficient (Wildman–Crippen LogP) is 6.39. The summed E-state index contributed by atoms with van der Waals surface area (Å²) in [5.74, 6) is -0.684. The summed E-state index contributed by atoms with van der Waals surface area (Å²) in [4.78, 5) is 26.1. The van der Waals surface area contributed by atoms with Crippen LogP contribution in [0.1, 0.15) is 40.9 Å². The number of amides is 1. The minimum Gasteiger partial charge on any atom is -0.308 e. The van der Waals surface area contributed by atoms with Gasteiger partial charge in [-0.05, 0) is 59.5 Å². The third kappa shape index (κ3) is 3.66. The second-order valence-electron chi connectivity index (χ2n) is 7.27. The number of carbonyl (C=O) groups is 2. The van der Waals surface area contributed by atoms with E-state index in [0.29, 0.717) is 27.3 Å². The molecule has 0 N–H and O–H groups in total. The minimum absolute atomic E-state index is 0.130. The lowest BCUT2D eigenvalue weighted by Gasteiger charge is -2.26. The Morgan fingerprint density at radius 3 is 2.40 bits per heavy atom. The lowest BCUT2D eigenvalue weighted by molar-refractivity contribution is -0.116. The molecule has 0 bridgehead atoms. The van der Waals surface area contributed by atoms with E-state index in [2.05, 4.69) is 0 Å². The second kappa shape index (κ2) is 7.88. The predicted molar refractivity (Wildman–Crippen MR) is 119 cm³/mol. The Morgan fingerprint density at radius 2 is 1.67 bits per heavy atom. The fourth-order valence-electron chi connectivity index (χ4n) is 3.78. The molecule has 5 heteroatoms. The summed E-state index contributed by atoms with van der Waals surface area (Å²) in [7, 11) is 0. The molecule has 0 saturated carbocycles. The monoisotopic (exact) mass is 419 g/mol. The lowest BCUT2D eigenvalue weighted by Crippen LogP contribution is -2.29. The van der Waals surface area contributed by atoms with E-state index >= 15 is 4.39 Å². The van der Waals surface area contributed by atoms with Crippen LogP contribution in [0.15, 0.2) is 54.6 Å². The van der Waals surface area contributed by atoms with Crippen molar-refractivity contribution in [3.63, 3.8) is 0 Å².